The molecule has 0 aliphatic heterocycles. The van der Waals surface area contributed by atoms with E-state index in [-0.39, 0.29) is 17.4 Å². The monoisotopic (exact) mass is 586 g/mol. The summed E-state index contributed by atoms with van der Waals surface area (Å²) in [4.78, 5) is 43.1. The lowest BCUT2D eigenvalue weighted by atomic mass is 10.1. The van der Waals surface area contributed by atoms with Crippen LogP contribution in [0, 0.1) is 0 Å². The van der Waals surface area contributed by atoms with Gasteiger partial charge in [-0.05, 0) is 66.2 Å². The number of pyridine rings is 1. The van der Waals surface area contributed by atoms with Crippen molar-refractivity contribution in [2.45, 2.75) is 4.90 Å². The molecular formula is C29H23BrN4O3S. The Bertz CT molecular complexity index is 1450. The maximum atomic E-state index is 13.3. The van der Waals surface area contributed by atoms with Gasteiger partial charge in [-0.2, -0.15) is 0 Å². The van der Waals surface area contributed by atoms with Crippen LogP contribution in [-0.2, 0) is 9.59 Å². The standard InChI is InChI=1S/C29H23BrN4O3S/c30-22-11-9-20(10-12-22)17-26(34-28(36)21-5-2-1-3-6-21)29(37)33-24-7-4-8-25(18-24)38-19-27(35)32-23-13-15-31-16-14-23/h1-18H,19H2,(H,33,37)(H,34,36)(H,31,32,35)/b26-17-. The van der Waals surface area contributed by atoms with Crippen molar-refractivity contribution in [3.8, 4) is 0 Å². The van der Waals surface area contributed by atoms with Crippen molar-refractivity contribution in [3.63, 3.8) is 0 Å². The summed E-state index contributed by atoms with van der Waals surface area (Å²) in [6, 6.07) is 26.7. The second kappa shape index (κ2) is 13.4. The van der Waals surface area contributed by atoms with Gasteiger partial charge >= 0.3 is 0 Å². The molecule has 7 nitrogen and oxygen atoms in total. The molecule has 0 unspecified atom stereocenters. The van der Waals surface area contributed by atoms with Crippen molar-refractivity contribution in [1.29, 1.82) is 0 Å². The number of hydrogen-bond donors (Lipinski definition) is 3. The maximum Gasteiger partial charge on any atom is 0.272 e. The predicted octanol–water partition coefficient (Wildman–Crippen LogP) is 5.98. The third kappa shape index (κ3) is 8.16. The fourth-order valence-corrected chi connectivity index (χ4v) is 4.33. The fourth-order valence-electron chi connectivity index (χ4n) is 3.31. The van der Waals surface area contributed by atoms with Crippen molar-refractivity contribution in [1.82, 2.24) is 10.3 Å². The molecule has 0 aliphatic rings. The summed E-state index contributed by atoms with van der Waals surface area (Å²) in [5.41, 5.74) is 2.48. The molecule has 38 heavy (non-hydrogen) atoms. The van der Waals surface area contributed by atoms with Gasteiger partial charge in [-0.25, -0.2) is 0 Å². The molecule has 190 valence electrons. The highest BCUT2D eigenvalue weighted by Crippen LogP contribution is 2.23. The van der Waals surface area contributed by atoms with Crippen LogP contribution in [0.5, 0.6) is 0 Å². The highest BCUT2D eigenvalue weighted by atomic mass is 79.9. The van der Waals surface area contributed by atoms with Crippen LogP contribution in [0.2, 0.25) is 0 Å². The van der Waals surface area contributed by atoms with Gasteiger partial charge in [-0.1, -0.05) is 52.3 Å². The quantitative estimate of drug-likeness (QED) is 0.165. The molecule has 9 heteroatoms. The first kappa shape index (κ1) is 26.8. The van der Waals surface area contributed by atoms with Gasteiger partial charge in [0.1, 0.15) is 5.70 Å². The zero-order valence-corrected chi connectivity index (χ0v) is 22.5. The first-order valence-corrected chi connectivity index (χ1v) is 13.3. The predicted molar refractivity (Wildman–Crippen MR) is 155 cm³/mol. The number of halogens is 1. The molecule has 4 rings (SSSR count). The molecule has 1 heterocycles. The Morgan fingerprint density at radius 2 is 1.55 bits per heavy atom. The average Bonchev–Trinajstić information content (AvgIpc) is 2.94. The van der Waals surface area contributed by atoms with Crippen molar-refractivity contribution in [3.05, 3.63) is 125 Å². The van der Waals surface area contributed by atoms with Gasteiger partial charge in [-0.3, -0.25) is 19.4 Å². The van der Waals surface area contributed by atoms with Crippen molar-refractivity contribution < 1.29 is 14.4 Å². The smallest absolute Gasteiger partial charge is 0.272 e. The molecule has 4 aromatic rings. The van der Waals surface area contributed by atoms with Crippen LogP contribution < -0.4 is 16.0 Å². The topological polar surface area (TPSA) is 100 Å². The number of benzene rings is 3. The van der Waals surface area contributed by atoms with Gasteiger partial charge in [0.25, 0.3) is 11.8 Å². The second-order valence-corrected chi connectivity index (χ2v) is 9.95. The van der Waals surface area contributed by atoms with Crippen molar-refractivity contribution in [2.75, 3.05) is 16.4 Å². The summed E-state index contributed by atoms with van der Waals surface area (Å²) in [6.45, 7) is 0. The van der Waals surface area contributed by atoms with Gasteiger partial charge < -0.3 is 16.0 Å². The Hall–Kier alpha value is -4.21. The molecule has 0 radical (unpaired) electrons. The minimum Gasteiger partial charge on any atom is -0.325 e. The maximum absolute atomic E-state index is 13.3. The molecule has 0 bridgehead atoms. The Morgan fingerprint density at radius 1 is 0.816 bits per heavy atom. The number of nitrogens with one attached hydrogen (secondary N) is 3. The molecule has 3 aromatic carbocycles. The number of anilines is 2. The number of nitrogens with zero attached hydrogens (tertiary/aromatic N) is 1. The zero-order chi connectivity index (χ0) is 26.7. The second-order valence-electron chi connectivity index (χ2n) is 7.98. The van der Waals surface area contributed by atoms with E-state index in [0.29, 0.717) is 16.9 Å². The summed E-state index contributed by atoms with van der Waals surface area (Å²) < 4.78 is 0.901. The Labute approximate surface area is 232 Å². The SMILES string of the molecule is O=C(CSc1cccc(NC(=O)/C(=C/c2ccc(Br)cc2)NC(=O)c2ccccc2)c1)Nc1ccncc1. The van der Waals surface area contributed by atoms with E-state index in [4.69, 9.17) is 0 Å². The Kier molecular flexibility index (Phi) is 9.44. The van der Waals surface area contributed by atoms with Crippen LogP contribution in [0.4, 0.5) is 11.4 Å². The number of hydrogen-bond acceptors (Lipinski definition) is 5. The molecule has 1 aromatic heterocycles. The summed E-state index contributed by atoms with van der Waals surface area (Å²) >= 11 is 4.74. The van der Waals surface area contributed by atoms with Gasteiger partial charge in [-0.15, -0.1) is 11.8 Å². The van der Waals surface area contributed by atoms with Gasteiger partial charge in [0.15, 0.2) is 0 Å². The number of rotatable bonds is 9. The van der Waals surface area contributed by atoms with E-state index in [1.165, 1.54) is 11.8 Å². The van der Waals surface area contributed by atoms with E-state index in [2.05, 4.69) is 36.9 Å². The number of amides is 3. The first-order chi connectivity index (χ1) is 18.5. The molecule has 0 aliphatic carbocycles. The minimum atomic E-state index is -0.477. The molecule has 3 amide bonds. The molecule has 0 saturated carbocycles. The van der Waals surface area contributed by atoms with E-state index in [1.54, 1.807) is 73.1 Å². The number of aromatic nitrogens is 1. The van der Waals surface area contributed by atoms with Crippen LogP contribution in [0.15, 0.2) is 118 Å². The highest BCUT2D eigenvalue weighted by Gasteiger charge is 2.15. The minimum absolute atomic E-state index is 0.0935. The van der Waals surface area contributed by atoms with Crippen LogP contribution in [0.1, 0.15) is 15.9 Å². The summed E-state index contributed by atoms with van der Waals surface area (Å²) in [5.74, 6) is -0.830. The van der Waals surface area contributed by atoms with Crippen LogP contribution >= 0.6 is 27.7 Å². The largest absolute Gasteiger partial charge is 0.325 e. The van der Waals surface area contributed by atoms with Crippen molar-refractivity contribution in [2.24, 2.45) is 0 Å². The lowest BCUT2D eigenvalue weighted by Crippen LogP contribution is -2.30. The van der Waals surface area contributed by atoms with Gasteiger partial charge in [0.2, 0.25) is 5.91 Å². The van der Waals surface area contributed by atoms with Gasteiger partial charge in [0.05, 0.1) is 5.75 Å². The van der Waals surface area contributed by atoms with E-state index in [0.717, 1.165) is 14.9 Å². The number of carbonyl (C=O) groups excluding carboxylic acids is 3. The van der Waals surface area contributed by atoms with Crippen LogP contribution in [-0.4, -0.2) is 28.5 Å². The normalized spacial score (nSPS) is 10.9. The van der Waals surface area contributed by atoms with Crippen LogP contribution in [0.3, 0.4) is 0 Å². The van der Waals surface area contributed by atoms with E-state index in [9.17, 15) is 14.4 Å². The molecular weight excluding hydrogens is 564 g/mol. The molecule has 0 fully saturated rings. The Morgan fingerprint density at radius 3 is 2.29 bits per heavy atom. The zero-order valence-electron chi connectivity index (χ0n) is 20.1. The Balaban J connectivity index is 1.45. The number of thioether (sulfide) groups is 1. The third-order valence-corrected chi connectivity index (χ3v) is 6.66. The van der Waals surface area contributed by atoms with Gasteiger partial charge in [0, 0.05) is 38.7 Å². The third-order valence-electron chi connectivity index (χ3n) is 5.14. The summed E-state index contributed by atoms with van der Waals surface area (Å²) in [6.07, 6.45) is 4.83. The van der Waals surface area contributed by atoms with E-state index < -0.39 is 11.8 Å². The average molecular weight is 587 g/mol. The lowest BCUT2D eigenvalue weighted by Gasteiger charge is -2.12. The first-order valence-electron chi connectivity index (χ1n) is 11.5. The number of carbonyl (C=O) groups is 3. The fraction of sp³-hybridized carbons (Fsp3) is 0.0345. The van der Waals surface area contributed by atoms with E-state index in [1.807, 2.05) is 36.4 Å². The molecule has 0 saturated heterocycles. The molecule has 0 spiro atoms. The highest BCUT2D eigenvalue weighted by molar-refractivity contribution is 9.10. The van der Waals surface area contributed by atoms with Crippen LogP contribution in [0.25, 0.3) is 6.08 Å². The van der Waals surface area contributed by atoms with Crippen molar-refractivity contribution >= 4 is 62.9 Å². The lowest BCUT2D eigenvalue weighted by molar-refractivity contribution is -0.114. The van der Waals surface area contributed by atoms with E-state index >= 15 is 0 Å². The molecule has 3 N–H and O–H groups in total. The summed E-state index contributed by atoms with van der Waals surface area (Å²) in [5, 5.41) is 8.39. The summed E-state index contributed by atoms with van der Waals surface area (Å²) in [7, 11) is 0. The molecule has 0 atom stereocenters.